The zero-order valence-electron chi connectivity index (χ0n) is 18.9. The summed E-state index contributed by atoms with van der Waals surface area (Å²) in [5, 5.41) is 0. The Morgan fingerprint density at radius 3 is 2.09 bits per heavy atom. The first-order valence-corrected chi connectivity index (χ1v) is 12.2. The van der Waals surface area contributed by atoms with Gasteiger partial charge in [-0.3, -0.25) is 4.79 Å². The van der Waals surface area contributed by atoms with Crippen LogP contribution in [0.15, 0.2) is 53.3 Å². The molecule has 1 N–H and O–H groups in total. The minimum atomic E-state index is -0.360. The van der Waals surface area contributed by atoms with Crippen molar-refractivity contribution >= 4 is 24.3 Å². The third-order valence-corrected chi connectivity index (χ3v) is 7.74. The fraction of sp³-hybridized carbons (Fsp3) is 0.360. The zero-order valence-corrected chi connectivity index (χ0v) is 19.7. The number of nitrogens with zero attached hydrogens (tertiary/aromatic N) is 1. The molecule has 0 amide bonds. The third kappa shape index (κ3) is 3.83. The second-order valence-corrected chi connectivity index (χ2v) is 10.5. The van der Waals surface area contributed by atoms with Crippen LogP contribution < -0.4 is 11.0 Å². The predicted molar refractivity (Wildman–Crippen MR) is 131 cm³/mol. The van der Waals surface area contributed by atoms with Gasteiger partial charge in [0.2, 0.25) is 0 Å². The topological polar surface area (TPSA) is 64.2 Å². The van der Waals surface area contributed by atoms with E-state index in [2.05, 4.69) is 69.1 Å². The van der Waals surface area contributed by atoms with Crippen LogP contribution in [0.2, 0.25) is 0 Å². The van der Waals surface area contributed by atoms with Gasteiger partial charge < -0.3 is 14.3 Å². The maximum atomic E-state index is 12.4. The molecule has 0 spiro atoms. The van der Waals surface area contributed by atoms with Crippen LogP contribution in [0.25, 0.3) is 22.5 Å². The molecule has 5 nitrogen and oxygen atoms in total. The fourth-order valence-corrected chi connectivity index (χ4v) is 5.00. The molecule has 2 aromatic carbocycles. The number of aromatic amines is 1. The van der Waals surface area contributed by atoms with E-state index in [0.717, 1.165) is 51.3 Å². The van der Waals surface area contributed by atoms with Crippen LogP contribution in [-0.2, 0) is 21.5 Å². The van der Waals surface area contributed by atoms with Gasteiger partial charge in [0.1, 0.15) is 5.82 Å². The van der Waals surface area contributed by atoms with Crippen LogP contribution in [-0.4, -0.2) is 34.0 Å². The van der Waals surface area contributed by atoms with Gasteiger partial charge >= 0.3 is 7.12 Å². The molecular formula is C25H27BN2O3S. The minimum Gasteiger partial charge on any atom is -0.399 e. The molecule has 1 fully saturated rings. The Kier molecular flexibility index (Phi) is 5.31. The van der Waals surface area contributed by atoms with Gasteiger partial charge in [-0.05, 0) is 56.5 Å². The number of hydrogen-bond donors (Lipinski definition) is 1. The second kappa shape index (κ2) is 7.90. The van der Waals surface area contributed by atoms with Crippen molar-refractivity contribution < 1.29 is 9.31 Å². The molecule has 7 heteroatoms. The average Bonchev–Trinajstić information content (AvgIpc) is 3.01. The molecule has 3 aromatic rings. The summed E-state index contributed by atoms with van der Waals surface area (Å²) in [7, 11) is -0.360. The Bertz CT molecular complexity index is 1190. The molecule has 1 saturated heterocycles. The first-order valence-electron chi connectivity index (χ1n) is 11.0. The highest BCUT2D eigenvalue weighted by atomic mass is 32.2. The largest absolute Gasteiger partial charge is 0.494 e. The second-order valence-electron chi connectivity index (χ2n) is 9.43. The maximum Gasteiger partial charge on any atom is 0.494 e. The van der Waals surface area contributed by atoms with Crippen molar-refractivity contribution in [2.75, 3.05) is 5.75 Å². The number of thioether (sulfide) groups is 1. The summed E-state index contributed by atoms with van der Waals surface area (Å²) in [6.07, 6.45) is 0.851. The minimum absolute atomic E-state index is 0.0143. The summed E-state index contributed by atoms with van der Waals surface area (Å²) in [4.78, 5) is 20.1. The molecule has 1 aromatic heterocycles. The van der Waals surface area contributed by atoms with E-state index in [9.17, 15) is 4.79 Å². The standard InChI is InChI=1S/C25H27BN2O3S/c1-24(2)25(3,4)31-26(30-24)19-11-9-17(10-12-19)16-5-7-18(8-6-16)22-27-21-13-14-32-15-20(21)23(29)28-22/h5-12H,13-15H2,1-4H3,(H,27,28,29). The number of benzene rings is 2. The summed E-state index contributed by atoms with van der Waals surface area (Å²) in [6, 6.07) is 16.5. The molecule has 0 bridgehead atoms. The lowest BCUT2D eigenvalue weighted by molar-refractivity contribution is 0.00578. The normalized spacial score (nSPS) is 19.1. The molecule has 2 aliphatic heterocycles. The summed E-state index contributed by atoms with van der Waals surface area (Å²) < 4.78 is 12.3. The lowest BCUT2D eigenvalue weighted by Crippen LogP contribution is -2.41. The van der Waals surface area contributed by atoms with Crippen molar-refractivity contribution in [3.63, 3.8) is 0 Å². The van der Waals surface area contributed by atoms with Crippen molar-refractivity contribution in [2.24, 2.45) is 0 Å². The van der Waals surface area contributed by atoms with Crippen molar-refractivity contribution in [2.45, 2.75) is 51.1 Å². The monoisotopic (exact) mass is 446 g/mol. The van der Waals surface area contributed by atoms with Gasteiger partial charge in [-0.2, -0.15) is 11.8 Å². The van der Waals surface area contributed by atoms with E-state index >= 15 is 0 Å². The molecule has 164 valence electrons. The van der Waals surface area contributed by atoms with Gasteiger partial charge in [0.25, 0.3) is 5.56 Å². The van der Waals surface area contributed by atoms with E-state index in [4.69, 9.17) is 14.3 Å². The van der Waals surface area contributed by atoms with E-state index in [1.165, 1.54) is 0 Å². The molecule has 0 saturated carbocycles. The number of aryl methyl sites for hydroxylation is 1. The lowest BCUT2D eigenvalue weighted by atomic mass is 9.78. The van der Waals surface area contributed by atoms with Crippen LogP contribution in [0.1, 0.15) is 39.0 Å². The van der Waals surface area contributed by atoms with Gasteiger partial charge in [-0.1, -0.05) is 48.5 Å². The Morgan fingerprint density at radius 1 is 0.906 bits per heavy atom. The molecular weight excluding hydrogens is 419 g/mol. The Morgan fingerprint density at radius 2 is 1.47 bits per heavy atom. The molecule has 32 heavy (non-hydrogen) atoms. The number of rotatable bonds is 3. The van der Waals surface area contributed by atoms with E-state index in [1.54, 1.807) is 11.8 Å². The quantitative estimate of drug-likeness (QED) is 0.612. The lowest BCUT2D eigenvalue weighted by Gasteiger charge is -2.32. The number of H-pyrrole nitrogens is 1. The van der Waals surface area contributed by atoms with Gasteiger partial charge in [0.15, 0.2) is 0 Å². The Balaban J connectivity index is 1.36. The van der Waals surface area contributed by atoms with E-state index < -0.39 is 0 Å². The van der Waals surface area contributed by atoms with Crippen molar-refractivity contribution in [1.29, 1.82) is 0 Å². The van der Waals surface area contributed by atoms with E-state index in [0.29, 0.717) is 5.82 Å². The highest BCUT2D eigenvalue weighted by Gasteiger charge is 2.51. The molecule has 0 atom stereocenters. The van der Waals surface area contributed by atoms with Crippen LogP contribution in [0.4, 0.5) is 0 Å². The van der Waals surface area contributed by atoms with E-state index in [-0.39, 0.29) is 23.9 Å². The summed E-state index contributed by atoms with van der Waals surface area (Å²) in [5.41, 5.74) is 5.19. The SMILES string of the molecule is CC1(C)OB(c2ccc(-c3ccc(-c4nc5c(c(=O)[nH]4)CSCC5)cc3)cc2)OC1(C)C. The predicted octanol–water partition coefficient (Wildman–Crippen LogP) is 4.19. The zero-order chi connectivity index (χ0) is 22.5. The fourth-order valence-electron chi connectivity index (χ4n) is 4.01. The number of nitrogens with one attached hydrogen (secondary N) is 1. The first kappa shape index (κ1) is 21.5. The van der Waals surface area contributed by atoms with Crippen LogP contribution >= 0.6 is 11.8 Å². The maximum absolute atomic E-state index is 12.4. The van der Waals surface area contributed by atoms with Crippen molar-refractivity contribution in [1.82, 2.24) is 9.97 Å². The van der Waals surface area contributed by atoms with Crippen molar-refractivity contribution in [3.8, 4) is 22.5 Å². The van der Waals surface area contributed by atoms with Crippen LogP contribution in [0.3, 0.4) is 0 Å². The molecule has 2 aliphatic rings. The molecule has 0 unspecified atom stereocenters. The summed E-state index contributed by atoms with van der Waals surface area (Å²) >= 11 is 1.79. The summed E-state index contributed by atoms with van der Waals surface area (Å²) in [5.74, 6) is 2.41. The van der Waals surface area contributed by atoms with E-state index in [1.807, 2.05) is 12.1 Å². The smallest absolute Gasteiger partial charge is 0.399 e. The Hall–Kier alpha value is -2.35. The van der Waals surface area contributed by atoms with Crippen LogP contribution in [0.5, 0.6) is 0 Å². The number of hydrogen-bond acceptors (Lipinski definition) is 5. The van der Waals surface area contributed by atoms with Crippen LogP contribution in [0, 0.1) is 0 Å². The van der Waals surface area contributed by atoms with Crippen molar-refractivity contribution in [3.05, 3.63) is 70.1 Å². The molecule has 0 aliphatic carbocycles. The highest BCUT2D eigenvalue weighted by molar-refractivity contribution is 7.98. The van der Waals surface area contributed by atoms with Gasteiger partial charge in [-0.25, -0.2) is 4.98 Å². The molecule has 5 rings (SSSR count). The third-order valence-electron chi connectivity index (χ3n) is 6.76. The summed E-state index contributed by atoms with van der Waals surface area (Å²) in [6.45, 7) is 8.25. The average molecular weight is 446 g/mol. The highest BCUT2D eigenvalue weighted by Crippen LogP contribution is 2.36. The van der Waals surface area contributed by atoms with Gasteiger partial charge in [0, 0.05) is 16.9 Å². The number of aromatic nitrogens is 2. The van der Waals surface area contributed by atoms with Gasteiger partial charge in [0.05, 0.1) is 16.9 Å². The molecule has 3 heterocycles. The van der Waals surface area contributed by atoms with Gasteiger partial charge in [-0.15, -0.1) is 0 Å². The Labute approximate surface area is 193 Å². The number of fused-ring (bicyclic) bond motifs is 1. The first-order chi connectivity index (χ1) is 15.2. The molecule has 0 radical (unpaired) electrons.